The summed E-state index contributed by atoms with van der Waals surface area (Å²) in [5.41, 5.74) is 3.12. The molecule has 3 rings (SSSR count). The zero-order valence-corrected chi connectivity index (χ0v) is 12.5. The smallest absolute Gasteiger partial charge is 0.303 e. The van der Waals surface area contributed by atoms with Crippen molar-refractivity contribution in [3.8, 4) is 11.3 Å². The standard InChI is InChI=1S/C18H17NO4/c20-15(21)7-9-18(10-8-16(22)23)13-5-2-1-4-12(13)17-14(18)6-3-11-19-17/h1-6,11H,7-10H2,(H,20,21)(H,22,23). The third kappa shape index (κ3) is 2.59. The molecule has 1 heterocycles. The van der Waals surface area contributed by atoms with E-state index in [9.17, 15) is 9.59 Å². The first-order valence-electron chi connectivity index (χ1n) is 7.53. The average Bonchev–Trinajstić information content (AvgIpc) is 2.82. The zero-order chi connectivity index (χ0) is 16.4. The minimum atomic E-state index is -0.880. The highest BCUT2D eigenvalue weighted by molar-refractivity contribution is 5.79. The predicted octanol–water partition coefficient (Wildman–Crippen LogP) is 3.08. The van der Waals surface area contributed by atoms with Crippen LogP contribution in [-0.4, -0.2) is 27.1 Å². The summed E-state index contributed by atoms with van der Waals surface area (Å²) in [5, 5.41) is 18.3. The maximum atomic E-state index is 11.1. The highest BCUT2D eigenvalue weighted by Crippen LogP contribution is 2.52. The van der Waals surface area contributed by atoms with Gasteiger partial charge in [0.1, 0.15) is 0 Å². The lowest BCUT2D eigenvalue weighted by Gasteiger charge is -2.31. The van der Waals surface area contributed by atoms with Gasteiger partial charge in [0.2, 0.25) is 0 Å². The van der Waals surface area contributed by atoms with Crippen LogP contribution in [-0.2, 0) is 15.0 Å². The van der Waals surface area contributed by atoms with E-state index in [0.717, 1.165) is 22.4 Å². The monoisotopic (exact) mass is 311 g/mol. The van der Waals surface area contributed by atoms with Crippen LogP contribution in [0.5, 0.6) is 0 Å². The van der Waals surface area contributed by atoms with Gasteiger partial charge in [-0.3, -0.25) is 14.6 Å². The molecule has 0 saturated heterocycles. The van der Waals surface area contributed by atoms with E-state index in [1.54, 1.807) is 6.20 Å². The van der Waals surface area contributed by atoms with Crippen LogP contribution < -0.4 is 0 Å². The van der Waals surface area contributed by atoms with Crippen molar-refractivity contribution in [2.45, 2.75) is 31.1 Å². The largest absolute Gasteiger partial charge is 0.481 e. The van der Waals surface area contributed by atoms with Crippen LogP contribution in [0.15, 0.2) is 42.6 Å². The molecule has 5 nitrogen and oxygen atoms in total. The Morgan fingerprint density at radius 3 is 2.17 bits per heavy atom. The normalized spacial score (nSPS) is 14.1. The SMILES string of the molecule is O=C(O)CCC1(CCC(=O)O)c2ccccc2-c2ncccc21. The van der Waals surface area contributed by atoms with Gasteiger partial charge in [-0.05, 0) is 30.0 Å². The van der Waals surface area contributed by atoms with Gasteiger partial charge in [0.15, 0.2) is 0 Å². The van der Waals surface area contributed by atoms with E-state index in [0.29, 0.717) is 12.8 Å². The fraction of sp³-hybridized carbons (Fsp3) is 0.278. The van der Waals surface area contributed by atoms with Gasteiger partial charge in [-0.25, -0.2) is 0 Å². The third-order valence-corrected chi connectivity index (χ3v) is 4.55. The first-order chi connectivity index (χ1) is 11.0. The van der Waals surface area contributed by atoms with Gasteiger partial charge in [0.05, 0.1) is 5.69 Å². The Morgan fingerprint density at radius 1 is 0.913 bits per heavy atom. The van der Waals surface area contributed by atoms with Gasteiger partial charge in [0.25, 0.3) is 0 Å². The van der Waals surface area contributed by atoms with Gasteiger partial charge in [-0.1, -0.05) is 30.3 Å². The Hall–Kier alpha value is -2.69. The summed E-state index contributed by atoms with van der Waals surface area (Å²) in [6, 6.07) is 11.5. The van der Waals surface area contributed by atoms with Crippen molar-refractivity contribution in [1.29, 1.82) is 0 Å². The molecule has 118 valence electrons. The molecule has 5 heteroatoms. The van der Waals surface area contributed by atoms with Crippen molar-refractivity contribution >= 4 is 11.9 Å². The minimum absolute atomic E-state index is 0.0116. The van der Waals surface area contributed by atoms with E-state index in [4.69, 9.17) is 10.2 Å². The summed E-state index contributed by atoms with van der Waals surface area (Å²) in [7, 11) is 0. The number of aromatic nitrogens is 1. The molecule has 0 fully saturated rings. The molecule has 0 spiro atoms. The average molecular weight is 311 g/mol. The maximum Gasteiger partial charge on any atom is 0.303 e. The van der Waals surface area contributed by atoms with E-state index in [-0.39, 0.29) is 12.8 Å². The van der Waals surface area contributed by atoms with E-state index in [1.807, 2.05) is 36.4 Å². The number of fused-ring (bicyclic) bond motifs is 3. The van der Waals surface area contributed by atoms with Gasteiger partial charge in [-0.15, -0.1) is 0 Å². The molecule has 0 unspecified atom stereocenters. The molecule has 0 saturated carbocycles. The second-order valence-corrected chi connectivity index (χ2v) is 5.81. The first kappa shape index (κ1) is 15.2. The molecule has 2 N–H and O–H groups in total. The van der Waals surface area contributed by atoms with Crippen LogP contribution in [0.1, 0.15) is 36.8 Å². The van der Waals surface area contributed by atoms with Crippen LogP contribution >= 0.6 is 0 Å². The van der Waals surface area contributed by atoms with Crippen molar-refractivity contribution in [2.75, 3.05) is 0 Å². The second kappa shape index (κ2) is 5.83. The molecular weight excluding hydrogens is 294 g/mol. The summed E-state index contributed by atoms with van der Waals surface area (Å²) < 4.78 is 0. The Balaban J connectivity index is 2.16. The lowest BCUT2D eigenvalue weighted by atomic mass is 9.71. The number of aliphatic carboxylic acids is 2. The zero-order valence-electron chi connectivity index (χ0n) is 12.5. The Morgan fingerprint density at radius 2 is 1.52 bits per heavy atom. The molecule has 1 aliphatic rings. The van der Waals surface area contributed by atoms with Crippen molar-refractivity contribution in [3.05, 3.63) is 53.7 Å². The van der Waals surface area contributed by atoms with E-state index in [1.165, 1.54) is 0 Å². The van der Waals surface area contributed by atoms with Gasteiger partial charge >= 0.3 is 11.9 Å². The quantitative estimate of drug-likeness (QED) is 0.856. The molecule has 2 aromatic rings. The van der Waals surface area contributed by atoms with Crippen molar-refractivity contribution in [2.24, 2.45) is 0 Å². The minimum Gasteiger partial charge on any atom is -0.481 e. The first-order valence-corrected chi connectivity index (χ1v) is 7.53. The molecule has 1 aliphatic carbocycles. The van der Waals surface area contributed by atoms with E-state index in [2.05, 4.69) is 4.98 Å². The highest BCUT2D eigenvalue weighted by atomic mass is 16.4. The molecule has 1 aromatic heterocycles. The van der Waals surface area contributed by atoms with Gasteiger partial charge in [0, 0.05) is 30.0 Å². The van der Waals surface area contributed by atoms with Crippen LogP contribution in [0.4, 0.5) is 0 Å². The lowest BCUT2D eigenvalue weighted by Crippen LogP contribution is -2.27. The summed E-state index contributed by atoms with van der Waals surface area (Å²) in [6.45, 7) is 0. The van der Waals surface area contributed by atoms with Crippen LogP contribution in [0, 0.1) is 0 Å². The highest BCUT2D eigenvalue weighted by Gasteiger charge is 2.43. The fourth-order valence-electron chi connectivity index (χ4n) is 3.56. The Bertz CT molecular complexity index is 704. The fourth-order valence-corrected chi connectivity index (χ4v) is 3.56. The predicted molar refractivity (Wildman–Crippen MR) is 84.2 cm³/mol. The molecule has 0 atom stereocenters. The Kier molecular flexibility index (Phi) is 3.86. The number of pyridine rings is 1. The molecule has 1 aromatic carbocycles. The topological polar surface area (TPSA) is 87.5 Å². The summed E-state index contributed by atoms with van der Waals surface area (Å²) in [4.78, 5) is 26.7. The second-order valence-electron chi connectivity index (χ2n) is 5.81. The molecule has 0 radical (unpaired) electrons. The van der Waals surface area contributed by atoms with Crippen molar-refractivity contribution < 1.29 is 19.8 Å². The summed E-state index contributed by atoms with van der Waals surface area (Å²) in [6.07, 6.45) is 2.42. The number of carbonyl (C=O) groups is 2. The summed E-state index contributed by atoms with van der Waals surface area (Å²) in [5.74, 6) is -1.76. The number of hydrogen-bond acceptors (Lipinski definition) is 3. The number of carboxylic acid groups (broad SMARTS) is 2. The van der Waals surface area contributed by atoms with Crippen molar-refractivity contribution in [3.63, 3.8) is 0 Å². The molecule has 0 aliphatic heterocycles. The number of hydrogen-bond donors (Lipinski definition) is 2. The number of carboxylic acids is 2. The summed E-state index contributed by atoms with van der Waals surface area (Å²) >= 11 is 0. The molecule has 0 bridgehead atoms. The van der Waals surface area contributed by atoms with E-state index >= 15 is 0 Å². The van der Waals surface area contributed by atoms with Crippen LogP contribution in [0.25, 0.3) is 11.3 Å². The maximum absolute atomic E-state index is 11.1. The number of rotatable bonds is 6. The third-order valence-electron chi connectivity index (χ3n) is 4.55. The lowest BCUT2D eigenvalue weighted by molar-refractivity contribution is -0.137. The van der Waals surface area contributed by atoms with Crippen molar-refractivity contribution in [1.82, 2.24) is 4.98 Å². The molecular formula is C18H17NO4. The molecule has 0 amide bonds. The number of benzene rings is 1. The van der Waals surface area contributed by atoms with E-state index < -0.39 is 17.4 Å². The van der Waals surface area contributed by atoms with Crippen LogP contribution in [0.2, 0.25) is 0 Å². The molecule has 23 heavy (non-hydrogen) atoms. The van der Waals surface area contributed by atoms with Gasteiger partial charge < -0.3 is 10.2 Å². The van der Waals surface area contributed by atoms with Crippen LogP contribution in [0.3, 0.4) is 0 Å². The number of nitrogens with zero attached hydrogens (tertiary/aromatic N) is 1. The van der Waals surface area contributed by atoms with Gasteiger partial charge in [-0.2, -0.15) is 0 Å². The Labute approximate surface area is 133 Å².